The fourth-order valence-corrected chi connectivity index (χ4v) is 3.40. The van der Waals surface area contributed by atoms with E-state index in [0.29, 0.717) is 0 Å². The summed E-state index contributed by atoms with van der Waals surface area (Å²) in [5.41, 5.74) is 2.96. The summed E-state index contributed by atoms with van der Waals surface area (Å²) in [6.45, 7) is 4.46. The predicted octanol–water partition coefficient (Wildman–Crippen LogP) is 1.91. The Morgan fingerprint density at radius 3 is 3.00 bits per heavy atom. The van der Waals surface area contributed by atoms with Crippen molar-refractivity contribution in [2.45, 2.75) is 37.8 Å². The van der Waals surface area contributed by atoms with Crippen molar-refractivity contribution < 1.29 is 5.11 Å². The molecule has 0 amide bonds. The van der Waals surface area contributed by atoms with Gasteiger partial charge in [-0.2, -0.15) is 0 Å². The molecule has 0 aliphatic carbocycles. The normalized spacial score (nSPS) is 34.2. The van der Waals surface area contributed by atoms with Crippen molar-refractivity contribution in [2.75, 3.05) is 13.1 Å². The van der Waals surface area contributed by atoms with Crippen molar-refractivity contribution in [2.24, 2.45) is 0 Å². The molecule has 86 valence electrons. The van der Waals surface area contributed by atoms with Gasteiger partial charge in [0.15, 0.2) is 0 Å². The van der Waals surface area contributed by atoms with E-state index in [9.17, 15) is 5.11 Å². The number of hydrogen-bond acceptors (Lipinski definition) is 2. The smallest absolute Gasteiger partial charge is 0.0573 e. The Morgan fingerprint density at radius 1 is 1.31 bits per heavy atom. The minimum atomic E-state index is -0.132. The molecule has 1 N–H and O–H groups in total. The SMILES string of the molecule is C[C@@]12C[C@@H](O)CCN1CCc1ccccc12. The van der Waals surface area contributed by atoms with Crippen LogP contribution in [0.4, 0.5) is 0 Å². The predicted molar refractivity (Wildman–Crippen MR) is 64.3 cm³/mol. The number of hydrogen-bond donors (Lipinski definition) is 1. The lowest BCUT2D eigenvalue weighted by atomic mass is 9.75. The van der Waals surface area contributed by atoms with Crippen LogP contribution in [0, 0.1) is 0 Å². The van der Waals surface area contributed by atoms with E-state index in [1.165, 1.54) is 11.1 Å². The first-order valence-electron chi connectivity index (χ1n) is 6.22. The van der Waals surface area contributed by atoms with Crippen LogP contribution in [0.3, 0.4) is 0 Å². The van der Waals surface area contributed by atoms with Crippen molar-refractivity contribution in [1.29, 1.82) is 0 Å². The summed E-state index contributed by atoms with van der Waals surface area (Å²) in [7, 11) is 0. The lowest BCUT2D eigenvalue weighted by Gasteiger charge is -2.50. The topological polar surface area (TPSA) is 23.5 Å². The Morgan fingerprint density at radius 2 is 2.12 bits per heavy atom. The molecule has 1 saturated heterocycles. The van der Waals surface area contributed by atoms with Gasteiger partial charge in [-0.15, -0.1) is 0 Å². The zero-order valence-electron chi connectivity index (χ0n) is 9.82. The van der Waals surface area contributed by atoms with E-state index in [2.05, 4.69) is 36.1 Å². The van der Waals surface area contributed by atoms with Crippen LogP contribution in [-0.2, 0) is 12.0 Å². The summed E-state index contributed by atoms with van der Waals surface area (Å²) in [5.74, 6) is 0. The van der Waals surface area contributed by atoms with Crippen LogP contribution in [0.2, 0.25) is 0 Å². The molecular formula is C14H19NO. The molecule has 0 saturated carbocycles. The van der Waals surface area contributed by atoms with Gasteiger partial charge in [-0.05, 0) is 37.3 Å². The van der Waals surface area contributed by atoms with Crippen molar-refractivity contribution in [1.82, 2.24) is 4.90 Å². The molecule has 0 radical (unpaired) electrons. The van der Waals surface area contributed by atoms with Crippen LogP contribution < -0.4 is 0 Å². The van der Waals surface area contributed by atoms with E-state index < -0.39 is 0 Å². The average Bonchev–Trinajstić information content (AvgIpc) is 2.28. The van der Waals surface area contributed by atoms with Gasteiger partial charge in [-0.1, -0.05) is 24.3 Å². The number of aliphatic hydroxyl groups excluding tert-OH is 1. The van der Waals surface area contributed by atoms with Crippen molar-refractivity contribution in [3.63, 3.8) is 0 Å². The third kappa shape index (κ3) is 1.40. The number of nitrogens with zero attached hydrogens (tertiary/aromatic N) is 1. The van der Waals surface area contributed by atoms with E-state index in [-0.39, 0.29) is 11.6 Å². The number of rotatable bonds is 0. The Kier molecular flexibility index (Phi) is 2.30. The van der Waals surface area contributed by atoms with Gasteiger partial charge in [0.25, 0.3) is 0 Å². The number of benzene rings is 1. The molecule has 2 heterocycles. The van der Waals surface area contributed by atoms with Crippen LogP contribution in [0.5, 0.6) is 0 Å². The number of fused-ring (bicyclic) bond motifs is 3. The molecule has 2 heteroatoms. The van der Waals surface area contributed by atoms with E-state index in [4.69, 9.17) is 0 Å². The molecule has 1 aromatic rings. The first-order chi connectivity index (χ1) is 7.70. The molecule has 1 fully saturated rings. The van der Waals surface area contributed by atoms with Gasteiger partial charge in [-0.25, -0.2) is 0 Å². The molecular weight excluding hydrogens is 198 g/mol. The summed E-state index contributed by atoms with van der Waals surface area (Å²) in [6.07, 6.45) is 2.83. The largest absolute Gasteiger partial charge is 0.393 e. The van der Waals surface area contributed by atoms with E-state index in [0.717, 1.165) is 32.4 Å². The molecule has 2 aliphatic heterocycles. The fourth-order valence-electron chi connectivity index (χ4n) is 3.40. The summed E-state index contributed by atoms with van der Waals surface area (Å²) >= 11 is 0. The minimum absolute atomic E-state index is 0.0620. The first-order valence-corrected chi connectivity index (χ1v) is 6.22. The van der Waals surface area contributed by atoms with Gasteiger partial charge in [-0.3, -0.25) is 4.90 Å². The second-order valence-electron chi connectivity index (χ2n) is 5.31. The van der Waals surface area contributed by atoms with Crippen LogP contribution in [0.15, 0.2) is 24.3 Å². The molecule has 0 unspecified atom stereocenters. The average molecular weight is 217 g/mol. The molecule has 2 atom stereocenters. The standard InChI is InChI=1S/C14H19NO/c1-14-10-12(16)7-9-15(14)8-6-11-4-2-3-5-13(11)14/h2-5,12,16H,6-10H2,1H3/t12-,14-/m0/s1. The Labute approximate surface area is 96.9 Å². The summed E-state index contributed by atoms with van der Waals surface area (Å²) in [5, 5.41) is 9.91. The van der Waals surface area contributed by atoms with E-state index >= 15 is 0 Å². The molecule has 16 heavy (non-hydrogen) atoms. The maximum Gasteiger partial charge on any atom is 0.0573 e. The van der Waals surface area contributed by atoms with Crippen LogP contribution in [0.25, 0.3) is 0 Å². The third-order valence-electron chi connectivity index (χ3n) is 4.31. The highest BCUT2D eigenvalue weighted by Gasteiger charge is 2.42. The van der Waals surface area contributed by atoms with Crippen LogP contribution in [0.1, 0.15) is 30.9 Å². The van der Waals surface area contributed by atoms with E-state index in [1.54, 1.807) is 0 Å². The van der Waals surface area contributed by atoms with Crippen molar-refractivity contribution >= 4 is 0 Å². The molecule has 0 bridgehead atoms. The lowest BCUT2D eigenvalue weighted by molar-refractivity contribution is -0.0212. The first kappa shape index (κ1) is 10.3. The highest BCUT2D eigenvalue weighted by molar-refractivity contribution is 5.36. The molecule has 2 aliphatic rings. The molecule has 3 rings (SSSR count). The summed E-state index contributed by atoms with van der Waals surface area (Å²) in [6, 6.07) is 8.71. The number of piperidine rings is 1. The Balaban J connectivity index is 2.07. The van der Waals surface area contributed by atoms with Gasteiger partial charge >= 0.3 is 0 Å². The highest BCUT2D eigenvalue weighted by atomic mass is 16.3. The zero-order valence-corrected chi connectivity index (χ0v) is 9.82. The maximum absolute atomic E-state index is 9.91. The fraction of sp³-hybridized carbons (Fsp3) is 0.571. The van der Waals surface area contributed by atoms with Crippen LogP contribution in [-0.4, -0.2) is 29.2 Å². The van der Waals surface area contributed by atoms with Gasteiger partial charge in [0, 0.05) is 18.6 Å². The zero-order chi connectivity index (χ0) is 11.2. The van der Waals surface area contributed by atoms with Gasteiger partial charge in [0.2, 0.25) is 0 Å². The summed E-state index contributed by atoms with van der Waals surface area (Å²) < 4.78 is 0. The molecule has 2 nitrogen and oxygen atoms in total. The lowest BCUT2D eigenvalue weighted by Crippen LogP contribution is -2.54. The Hall–Kier alpha value is -0.860. The van der Waals surface area contributed by atoms with Crippen LogP contribution >= 0.6 is 0 Å². The second kappa shape index (κ2) is 3.57. The van der Waals surface area contributed by atoms with Crippen molar-refractivity contribution in [3.05, 3.63) is 35.4 Å². The quantitative estimate of drug-likeness (QED) is 0.717. The van der Waals surface area contributed by atoms with E-state index in [1.807, 2.05) is 0 Å². The molecule has 0 spiro atoms. The van der Waals surface area contributed by atoms with Gasteiger partial charge in [0.1, 0.15) is 0 Å². The van der Waals surface area contributed by atoms with Gasteiger partial charge < -0.3 is 5.11 Å². The maximum atomic E-state index is 9.91. The number of aliphatic hydroxyl groups is 1. The highest BCUT2D eigenvalue weighted by Crippen LogP contribution is 2.41. The molecule has 0 aromatic heterocycles. The summed E-state index contributed by atoms with van der Waals surface area (Å²) in [4.78, 5) is 2.54. The van der Waals surface area contributed by atoms with Crippen molar-refractivity contribution in [3.8, 4) is 0 Å². The second-order valence-corrected chi connectivity index (χ2v) is 5.31. The molecule has 1 aromatic carbocycles. The third-order valence-corrected chi connectivity index (χ3v) is 4.31. The van der Waals surface area contributed by atoms with Gasteiger partial charge in [0.05, 0.1) is 6.10 Å². The monoisotopic (exact) mass is 217 g/mol. The Bertz CT molecular complexity index is 403. The minimum Gasteiger partial charge on any atom is -0.393 e.